The van der Waals surface area contributed by atoms with Gasteiger partial charge in [0, 0.05) is 12.2 Å². The molecule has 0 aromatic heterocycles. The second-order valence-electron chi connectivity index (χ2n) is 3.57. The van der Waals surface area contributed by atoms with E-state index in [1.165, 1.54) is 19.2 Å². The van der Waals surface area contributed by atoms with Gasteiger partial charge in [-0.3, -0.25) is 4.79 Å². The fourth-order valence-electron chi connectivity index (χ4n) is 1.59. The molecule has 1 rings (SSSR count). The van der Waals surface area contributed by atoms with Crippen molar-refractivity contribution < 1.29 is 18.7 Å². The van der Waals surface area contributed by atoms with E-state index >= 15 is 0 Å². The number of ether oxygens (including phenoxy) is 2. The van der Waals surface area contributed by atoms with Crippen molar-refractivity contribution in [3.05, 3.63) is 29.6 Å². The molecule has 1 aromatic rings. The van der Waals surface area contributed by atoms with Crippen LogP contribution in [0.15, 0.2) is 18.2 Å². The lowest BCUT2D eigenvalue weighted by Gasteiger charge is -2.14. The van der Waals surface area contributed by atoms with Crippen molar-refractivity contribution in [1.29, 1.82) is 0 Å². The van der Waals surface area contributed by atoms with E-state index in [-0.39, 0.29) is 11.5 Å². The molecule has 0 radical (unpaired) electrons. The zero-order chi connectivity index (χ0) is 12.8. The second-order valence-corrected chi connectivity index (χ2v) is 3.57. The van der Waals surface area contributed by atoms with Gasteiger partial charge in [0.25, 0.3) is 0 Å². The topological polar surface area (TPSA) is 35.5 Å². The van der Waals surface area contributed by atoms with Crippen LogP contribution in [0.2, 0.25) is 0 Å². The van der Waals surface area contributed by atoms with Crippen molar-refractivity contribution in [3.63, 3.8) is 0 Å². The largest absolute Gasteiger partial charge is 0.494 e. The number of Topliss-reactive ketones (excluding diaryl/α,β-unsaturated/α-hetero) is 1. The SMILES string of the molecule is CCOC(CC)C(=O)c1ccc(OC)c(F)c1. The molecular formula is C13H17FO3. The molecule has 0 spiro atoms. The third-order valence-corrected chi connectivity index (χ3v) is 2.47. The molecule has 0 aliphatic rings. The molecule has 0 fully saturated rings. The number of hydrogen-bond donors (Lipinski definition) is 0. The number of ketones is 1. The molecular weight excluding hydrogens is 223 g/mol. The Morgan fingerprint density at radius 3 is 2.59 bits per heavy atom. The summed E-state index contributed by atoms with van der Waals surface area (Å²) in [7, 11) is 1.38. The van der Waals surface area contributed by atoms with Gasteiger partial charge in [0.2, 0.25) is 0 Å². The Bertz CT molecular complexity index is 390. The normalized spacial score (nSPS) is 12.2. The first-order valence-corrected chi connectivity index (χ1v) is 5.63. The fraction of sp³-hybridized carbons (Fsp3) is 0.462. The quantitative estimate of drug-likeness (QED) is 0.717. The van der Waals surface area contributed by atoms with Crippen LogP contribution in [0.5, 0.6) is 5.75 Å². The summed E-state index contributed by atoms with van der Waals surface area (Å²) in [6.45, 7) is 4.14. The van der Waals surface area contributed by atoms with Gasteiger partial charge in [-0.05, 0) is 31.5 Å². The Kier molecular flexibility index (Phi) is 5.10. The van der Waals surface area contributed by atoms with Crippen molar-refractivity contribution in [2.45, 2.75) is 26.4 Å². The molecule has 0 N–H and O–H groups in total. The molecule has 1 aromatic carbocycles. The lowest BCUT2D eigenvalue weighted by molar-refractivity contribution is 0.0443. The summed E-state index contributed by atoms with van der Waals surface area (Å²) in [5, 5.41) is 0. The van der Waals surface area contributed by atoms with Crippen LogP contribution < -0.4 is 4.74 Å². The number of halogens is 1. The lowest BCUT2D eigenvalue weighted by Crippen LogP contribution is -2.23. The van der Waals surface area contributed by atoms with Crippen molar-refractivity contribution in [2.24, 2.45) is 0 Å². The molecule has 4 heteroatoms. The Hall–Kier alpha value is -1.42. The van der Waals surface area contributed by atoms with E-state index < -0.39 is 11.9 Å². The van der Waals surface area contributed by atoms with Crippen molar-refractivity contribution in [2.75, 3.05) is 13.7 Å². The van der Waals surface area contributed by atoms with Crippen LogP contribution in [0, 0.1) is 5.82 Å². The van der Waals surface area contributed by atoms with Gasteiger partial charge >= 0.3 is 0 Å². The van der Waals surface area contributed by atoms with Crippen LogP contribution >= 0.6 is 0 Å². The maximum atomic E-state index is 13.4. The van der Waals surface area contributed by atoms with Gasteiger partial charge < -0.3 is 9.47 Å². The lowest BCUT2D eigenvalue weighted by atomic mass is 10.0. The van der Waals surface area contributed by atoms with E-state index in [9.17, 15) is 9.18 Å². The maximum absolute atomic E-state index is 13.4. The van der Waals surface area contributed by atoms with Crippen molar-refractivity contribution in [1.82, 2.24) is 0 Å². The highest BCUT2D eigenvalue weighted by molar-refractivity contribution is 5.99. The van der Waals surface area contributed by atoms with Crippen molar-refractivity contribution in [3.8, 4) is 5.75 Å². The van der Waals surface area contributed by atoms with Crippen molar-refractivity contribution >= 4 is 5.78 Å². The van der Waals surface area contributed by atoms with Gasteiger partial charge in [0.15, 0.2) is 17.3 Å². The average molecular weight is 240 g/mol. The van der Waals surface area contributed by atoms with Gasteiger partial charge in [-0.15, -0.1) is 0 Å². The average Bonchev–Trinajstić information content (AvgIpc) is 2.35. The van der Waals surface area contributed by atoms with E-state index in [1.807, 2.05) is 13.8 Å². The Balaban J connectivity index is 2.92. The number of methoxy groups -OCH3 is 1. The summed E-state index contributed by atoms with van der Waals surface area (Å²) in [4.78, 5) is 12.0. The number of rotatable bonds is 6. The van der Waals surface area contributed by atoms with E-state index in [0.717, 1.165) is 0 Å². The highest BCUT2D eigenvalue weighted by atomic mass is 19.1. The van der Waals surface area contributed by atoms with Crippen LogP contribution in [0.25, 0.3) is 0 Å². The first kappa shape index (κ1) is 13.6. The highest BCUT2D eigenvalue weighted by Crippen LogP contribution is 2.19. The number of hydrogen-bond acceptors (Lipinski definition) is 3. The summed E-state index contributed by atoms with van der Waals surface area (Å²) < 4.78 is 23.5. The van der Waals surface area contributed by atoms with Crippen LogP contribution in [0.3, 0.4) is 0 Å². The van der Waals surface area contributed by atoms with E-state index in [0.29, 0.717) is 18.6 Å². The third kappa shape index (κ3) is 3.27. The summed E-state index contributed by atoms with van der Waals surface area (Å²) in [6.07, 6.45) is 0.0631. The van der Waals surface area contributed by atoms with E-state index in [4.69, 9.17) is 9.47 Å². The molecule has 0 aliphatic carbocycles. The monoisotopic (exact) mass is 240 g/mol. The Labute approximate surface area is 101 Å². The fourth-order valence-corrected chi connectivity index (χ4v) is 1.59. The van der Waals surface area contributed by atoms with E-state index in [2.05, 4.69) is 0 Å². The number of carbonyl (C=O) groups is 1. The Morgan fingerprint density at radius 1 is 1.41 bits per heavy atom. The first-order valence-electron chi connectivity index (χ1n) is 5.63. The smallest absolute Gasteiger partial charge is 0.191 e. The minimum absolute atomic E-state index is 0.131. The zero-order valence-electron chi connectivity index (χ0n) is 10.3. The summed E-state index contributed by atoms with van der Waals surface area (Å²) in [5.41, 5.74) is 0.309. The first-order chi connectivity index (χ1) is 8.13. The summed E-state index contributed by atoms with van der Waals surface area (Å²) in [5.74, 6) is -0.605. The van der Waals surface area contributed by atoms with Gasteiger partial charge in [0.05, 0.1) is 7.11 Å². The predicted octanol–water partition coefficient (Wildman–Crippen LogP) is 2.83. The molecule has 3 nitrogen and oxygen atoms in total. The van der Waals surface area contributed by atoms with Gasteiger partial charge in [-0.2, -0.15) is 0 Å². The molecule has 0 heterocycles. The molecule has 1 atom stereocenters. The minimum atomic E-state index is -0.537. The summed E-state index contributed by atoms with van der Waals surface area (Å²) >= 11 is 0. The molecule has 17 heavy (non-hydrogen) atoms. The minimum Gasteiger partial charge on any atom is -0.494 e. The maximum Gasteiger partial charge on any atom is 0.191 e. The molecule has 0 amide bonds. The standard InChI is InChI=1S/C13H17FO3/c1-4-11(17-5-2)13(15)9-6-7-12(16-3)10(14)8-9/h6-8,11H,4-5H2,1-3H3. The van der Waals surface area contributed by atoms with Crippen LogP contribution in [0.4, 0.5) is 4.39 Å². The third-order valence-electron chi connectivity index (χ3n) is 2.47. The molecule has 0 saturated heterocycles. The van der Waals surface area contributed by atoms with E-state index in [1.54, 1.807) is 6.07 Å². The number of carbonyl (C=O) groups excluding carboxylic acids is 1. The molecule has 0 saturated carbocycles. The molecule has 0 aliphatic heterocycles. The summed E-state index contributed by atoms with van der Waals surface area (Å²) in [6, 6.07) is 4.18. The van der Waals surface area contributed by atoms with Crippen LogP contribution in [-0.4, -0.2) is 25.6 Å². The van der Waals surface area contributed by atoms with Crippen LogP contribution in [-0.2, 0) is 4.74 Å². The Morgan fingerprint density at radius 2 is 2.12 bits per heavy atom. The molecule has 0 bridgehead atoms. The predicted molar refractivity (Wildman–Crippen MR) is 63.0 cm³/mol. The van der Waals surface area contributed by atoms with Crippen LogP contribution in [0.1, 0.15) is 30.6 Å². The number of benzene rings is 1. The highest BCUT2D eigenvalue weighted by Gasteiger charge is 2.19. The van der Waals surface area contributed by atoms with Gasteiger partial charge in [0.1, 0.15) is 6.10 Å². The zero-order valence-corrected chi connectivity index (χ0v) is 10.3. The molecule has 94 valence electrons. The van der Waals surface area contributed by atoms with Gasteiger partial charge in [-0.1, -0.05) is 6.92 Å². The van der Waals surface area contributed by atoms with Gasteiger partial charge in [-0.25, -0.2) is 4.39 Å². The molecule has 1 unspecified atom stereocenters. The second kappa shape index (κ2) is 6.35.